The molecule has 28 heavy (non-hydrogen) atoms. The third-order valence-corrected chi connectivity index (χ3v) is 4.81. The van der Waals surface area contributed by atoms with E-state index in [2.05, 4.69) is 30.0 Å². The Balaban J connectivity index is 1.77. The van der Waals surface area contributed by atoms with Crippen molar-refractivity contribution in [1.29, 1.82) is 0 Å². The van der Waals surface area contributed by atoms with Crippen LogP contribution in [0.5, 0.6) is 5.75 Å². The van der Waals surface area contributed by atoms with Gasteiger partial charge in [0.2, 0.25) is 5.91 Å². The molecule has 1 aliphatic heterocycles. The molecule has 1 atom stereocenters. The first-order valence-electron chi connectivity index (χ1n) is 9.86. The van der Waals surface area contributed by atoms with Crippen LogP contribution in [0, 0.1) is 5.92 Å². The Morgan fingerprint density at radius 2 is 2.07 bits per heavy atom. The van der Waals surface area contributed by atoms with E-state index in [9.17, 15) is 9.59 Å². The van der Waals surface area contributed by atoms with Gasteiger partial charge >= 0.3 is 0 Å². The number of carbonyl (C=O) groups is 2. The molecular weight excluding hydrogens is 376 g/mol. The smallest absolute Gasteiger partial charge is 0.258 e. The molecule has 1 aromatic carbocycles. The van der Waals surface area contributed by atoms with E-state index >= 15 is 0 Å². The van der Waals surface area contributed by atoms with Gasteiger partial charge in [0.05, 0.1) is 18.7 Å². The average molecular weight is 407 g/mol. The third-order valence-electron chi connectivity index (χ3n) is 4.56. The molecule has 0 saturated heterocycles. The zero-order valence-corrected chi connectivity index (χ0v) is 17.4. The van der Waals surface area contributed by atoms with Crippen LogP contribution in [0.2, 0.25) is 0 Å². The fourth-order valence-electron chi connectivity index (χ4n) is 2.96. The molecule has 154 valence electrons. The Morgan fingerprint density at radius 3 is 2.86 bits per heavy atom. The predicted octanol–water partition coefficient (Wildman–Crippen LogP) is 2.51. The minimum Gasteiger partial charge on any atom is -0.491 e. The number of unbranched alkanes of at least 4 members (excludes halogenated alkanes) is 2. The summed E-state index contributed by atoms with van der Waals surface area (Å²) in [5, 5.41) is 3.47. The van der Waals surface area contributed by atoms with Gasteiger partial charge < -0.3 is 10.1 Å². The first-order valence-corrected chi connectivity index (χ1v) is 10.3. The Hall–Kier alpha value is -2.35. The summed E-state index contributed by atoms with van der Waals surface area (Å²) in [6.45, 7) is 5.31. The maximum atomic E-state index is 12.3. The van der Waals surface area contributed by atoms with Gasteiger partial charge in [-0.3, -0.25) is 25.3 Å². The van der Waals surface area contributed by atoms with Crippen molar-refractivity contribution >= 4 is 34.8 Å². The van der Waals surface area contributed by atoms with Gasteiger partial charge in [0.25, 0.3) is 5.91 Å². The summed E-state index contributed by atoms with van der Waals surface area (Å²) >= 11 is 5.20. The molecule has 1 aromatic rings. The molecule has 0 spiro atoms. The van der Waals surface area contributed by atoms with Crippen molar-refractivity contribution < 1.29 is 14.3 Å². The third kappa shape index (κ3) is 6.99. The van der Waals surface area contributed by atoms with E-state index in [4.69, 9.17) is 17.0 Å². The largest absolute Gasteiger partial charge is 0.491 e. The highest BCUT2D eigenvalue weighted by atomic mass is 32.1. The molecule has 1 aliphatic rings. The molecule has 7 nitrogen and oxygen atoms in total. The molecule has 0 radical (unpaired) electrons. The molecule has 2 amide bonds. The van der Waals surface area contributed by atoms with Crippen molar-refractivity contribution in [1.82, 2.24) is 16.2 Å². The summed E-state index contributed by atoms with van der Waals surface area (Å²) in [5.74, 6) is 0.600. The fraction of sp³-hybridized carbons (Fsp3) is 0.550. The zero-order valence-electron chi connectivity index (χ0n) is 16.6. The highest BCUT2D eigenvalue weighted by Crippen LogP contribution is 2.30. The molecule has 0 aliphatic carbocycles. The molecule has 3 N–H and O–H groups in total. The van der Waals surface area contributed by atoms with E-state index < -0.39 is 0 Å². The quantitative estimate of drug-likeness (QED) is 0.350. The van der Waals surface area contributed by atoms with Crippen molar-refractivity contribution in [2.75, 3.05) is 24.6 Å². The minimum atomic E-state index is -0.356. The predicted molar refractivity (Wildman–Crippen MR) is 114 cm³/mol. The molecule has 0 fully saturated rings. The first-order chi connectivity index (χ1) is 13.5. The van der Waals surface area contributed by atoms with Gasteiger partial charge in [-0.15, -0.1) is 0 Å². The number of ether oxygens (including phenoxy) is 1. The Morgan fingerprint density at radius 1 is 1.29 bits per heavy atom. The van der Waals surface area contributed by atoms with Crippen LogP contribution in [0.3, 0.4) is 0 Å². The molecular formula is C20H30N4O3S. The molecule has 0 unspecified atom stereocenters. The standard InChI is InChI=1S/C20H30N4O3S/c1-3-4-5-8-15(2)13-21-20(28)23-22-18(25)14-24-16-9-6-7-10-17(16)27-12-11-19(24)26/h6-7,9-10,15H,3-5,8,11-14H2,1-2H3,(H,22,25)(H2,21,23,28)/t15-/m0/s1. The summed E-state index contributed by atoms with van der Waals surface area (Å²) in [7, 11) is 0. The van der Waals surface area contributed by atoms with E-state index in [0.29, 0.717) is 29.1 Å². The van der Waals surface area contributed by atoms with Gasteiger partial charge in [0, 0.05) is 6.54 Å². The number of anilines is 1. The monoisotopic (exact) mass is 406 g/mol. The summed E-state index contributed by atoms with van der Waals surface area (Å²) in [6.07, 6.45) is 5.04. The first kappa shape index (κ1) is 21.9. The number of amides is 2. The van der Waals surface area contributed by atoms with Gasteiger partial charge in [-0.25, -0.2) is 0 Å². The van der Waals surface area contributed by atoms with Crippen LogP contribution in [0.1, 0.15) is 46.0 Å². The van der Waals surface area contributed by atoms with Gasteiger partial charge in [0.15, 0.2) is 5.11 Å². The molecule has 0 bridgehead atoms. The number of fused-ring (bicyclic) bond motifs is 1. The van der Waals surface area contributed by atoms with Crippen LogP contribution in [-0.2, 0) is 9.59 Å². The lowest BCUT2D eigenvalue weighted by atomic mass is 10.0. The summed E-state index contributed by atoms with van der Waals surface area (Å²) in [5.41, 5.74) is 5.85. The number of hydrogen-bond acceptors (Lipinski definition) is 4. The molecule has 0 aromatic heterocycles. The average Bonchev–Trinajstić information content (AvgIpc) is 2.84. The minimum absolute atomic E-state index is 0.109. The zero-order chi connectivity index (χ0) is 20.4. The number of para-hydroxylation sites is 2. The van der Waals surface area contributed by atoms with Crippen molar-refractivity contribution in [3.05, 3.63) is 24.3 Å². The van der Waals surface area contributed by atoms with Crippen LogP contribution in [0.25, 0.3) is 0 Å². The van der Waals surface area contributed by atoms with Gasteiger partial charge in [-0.05, 0) is 36.7 Å². The maximum Gasteiger partial charge on any atom is 0.258 e. The SMILES string of the molecule is CCCCC[C@H](C)CNC(=S)NNC(=O)CN1C(=O)CCOc2ccccc21. The summed E-state index contributed by atoms with van der Waals surface area (Å²) < 4.78 is 5.58. The van der Waals surface area contributed by atoms with E-state index in [0.717, 1.165) is 13.0 Å². The van der Waals surface area contributed by atoms with Crippen LogP contribution in [-0.4, -0.2) is 36.6 Å². The van der Waals surface area contributed by atoms with Gasteiger partial charge in [-0.2, -0.15) is 0 Å². The van der Waals surface area contributed by atoms with E-state index in [1.165, 1.54) is 24.2 Å². The number of benzene rings is 1. The number of nitrogens with one attached hydrogen (secondary N) is 3. The molecule has 0 saturated carbocycles. The second-order valence-corrected chi connectivity index (χ2v) is 7.44. The van der Waals surface area contributed by atoms with Crippen LogP contribution < -0.4 is 25.8 Å². The molecule has 2 rings (SSSR count). The summed E-state index contributed by atoms with van der Waals surface area (Å²) in [6, 6.07) is 7.20. The fourth-order valence-corrected chi connectivity index (χ4v) is 3.09. The second-order valence-electron chi connectivity index (χ2n) is 7.03. The lowest BCUT2D eigenvalue weighted by Gasteiger charge is -2.22. The highest BCUT2D eigenvalue weighted by molar-refractivity contribution is 7.80. The lowest BCUT2D eigenvalue weighted by Crippen LogP contribution is -2.51. The molecule has 8 heteroatoms. The maximum absolute atomic E-state index is 12.3. The van der Waals surface area contributed by atoms with Crippen molar-refractivity contribution in [2.45, 2.75) is 46.0 Å². The Labute approximate surface area is 172 Å². The highest BCUT2D eigenvalue weighted by Gasteiger charge is 2.25. The van der Waals surface area contributed by atoms with Crippen LogP contribution in [0.15, 0.2) is 24.3 Å². The van der Waals surface area contributed by atoms with Crippen LogP contribution in [0.4, 0.5) is 5.69 Å². The summed E-state index contributed by atoms with van der Waals surface area (Å²) in [4.78, 5) is 26.1. The van der Waals surface area contributed by atoms with E-state index in [-0.39, 0.29) is 24.8 Å². The Bertz CT molecular complexity index is 683. The molecule has 1 heterocycles. The van der Waals surface area contributed by atoms with Gasteiger partial charge in [0.1, 0.15) is 12.3 Å². The van der Waals surface area contributed by atoms with E-state index in [1.54, 1.807) is 12.1 Å². The van der Waals surface area contributed by atoms with Crippen LogP contribution >= 0.6 is 12.2 Å². The second kappa shape index (κ2) is 11.5. The van der Waals surface area contributed by atoms with Crippen molar-refractivity contribution in [2.24, 2.45) is 5.92 Å². The Kier molecular flexibility index (Phi) is 9.00. The van der Waals surface area contributed by atoms with Gasteiger partial charge in [-0.1, -0.05) is 45.2 Å². The van der Waals surface area contributed by atoms with E-state index in [1.807, 2.05) is 12.1 Å². The number of hydrazine groups is 1. The number of thiocarbonyl (C=S) groups is 1. The number of carbonyl (C=O) groups excluding carboxylic acids is 2. The van der Waals surface area contributed by atoms with Crippen molar-refractivity contribution in [3.8, 4) is 5.75 Å². The normalized spacial score (nSPS) is 14.4. The van der Waals surface area contributed by atoms with Crippen molar-refractivity contribution in [3.63, 3.8) is 0 Å². The topological polar surface area (TPSA) is 82.7 Å². The number of rotatable bonds is 8. The number of hydrogen-bond donors (Lipinski definition) is 3. The lowest BCUT2D eigenvalue weighted by molar-refractivity contribution is -0.124. The number of nitrogens with zero attached hydrogens (tertiary/aromatic N) is 1.